The molecule has 8 nitrogen and oxygen atoms in total. The highest BCUT2D eigenvalue weighted by molar-refractivity contribution is 7.19. The number of halogens is 2. The second kappa shape index (κ2) is 9.27. The van der Waals surface area contributed by atoms with Gasteiger partial charge in [-0.3, -0.25) is 9.69 Å². The highest BCUT2D eigenvalue weighted by Crippen LogP contribution is 2.25. The number of hydrogen-bond donors (Lipinski definition) is 1. The summed E-state index contributed by atoms with van der Waals surface area (Å²) in [6, 6.07) is 12.9. The van der Waals surface area contributed by atoms with Crippen LogP contribution < -0.4 is 10.9 Å². The number of carbonyl (C=O) groups excluding carboxylic acids is 1. The summed E-state index contributed by atoms with van der Waals surface area (Å²) in [7, 11) is 0. The van der Waals surface area contributed by atoms with Crippen LogP contribution in [0.2, 0.25) is 0 Å². The van der Waals surface area contributed by atoms with Gasteiger partial charge in [0, 0.05) is 50.0 Å². The van der Waals surface area contributed by atoms with Crippen molar-refractivity contribution in [1.82, 2.24) is 24.4 Å². The van der Waals surface area contributed by atoms with Gasteiger partial charge >= 0.3 is 6.03 Å². The molecule has 2 aromatic carbocycles. The molecule has 1 aliphatic heterocycles. The molecule has 0 saturated carbocycles. The molecule has 2 amide bonds. The number of nitrogens with zero attached hydrogens (tertiary/aromatic N) is 5. The molecule has 0 aliphatic carbocycles. The maximum Gasteiger partial charge on any atom is 0.321 e. The van der Waals surface area contributed by atoms with Gasteiger partial charge in [0.05, 0.1) is 5.69 Å². The third-order valence-electron chi connectivity index (χ3n) is 5.51. The molecule has 1 N–H and O–H groups in total. The van der Waals surface area contributed by atoms with Crippen molar-refractivity contribution in [3.05, 3.63) is 82.3 Å². The lowest BCUT2D eigenvalue weighted by molar-refractivity contribution is 0.142. The molecule has 34 heavy (non-hydrogen) atoms. The number of rotatable bonds is 4. The molecule has 1 saturated heterocycles. The second-order valence-electron chi connectivity index (χ2n) is 7.90. The topological polar surface area (TPSA) is 82.8 Å². The van der Waals surface area contributed by atoms with Crippen LogP contribution in [0.1, 0.15) is 5.69 Å². The fourth-order valence-corrected chi connectivity index (χ4v) is 4.67. The number of hydrogen-bond acceptors (Lipinski definition) is 6. The molecule has 0 unspecified atom stereocenters. The van der Waals surface area contributed by atoms with Gasteiger partial charge < -0.3 is 10.2 Å². The van der Waals surface area contributed by atoms with Crippen molar-refractivity contribution in [1.29, 1.82) is 0 Å². The maximum absolute atomic E-state index is 13.6. The monoisotopic (exact) mass is 482 g/mol. The zero-order chi connectivity index (χ0) is 23.7. The Kier molecular flexibility index (Phi) is 6.03. The zero-order valence-corrected chi connectivity index (χ0v) is 18.8. The van der Waals surface area contributed by atoms with Crippen molar-refractivity contribution >= 4 is 28.0 Å². The molecule has 2 aromatic heterocycles. The zero-order valence-electron chi connectivity index (χ0n) is 17.9. The third-order valence-corrected chi connectivity index (χ3v) is 6.47. The van der Waals surface area contributed by atoms with Gasteiger partial charge in [-0.05, 0) is 36.4 Å². The normalized spacial score (nSPS) is 14.5. The van der Waals surface area contributed by atoms with Gasteiger partial charge in [-0.25, -0.2) is 18.6 Å². The van der Waals surface area contributed by atoms with Gasteiger partial charge in [0.2, 0.25) is 4.96 Å². The van der Waals surface area contributed by atoms with Crippen molar-refractivity contribution in [2.45, 2.75) is 6.54 Å². The number of urea groups is 1. The van der Waals surface area contributed by atoms with E-state index in [4.69, 9.17) is 0 Å². The van der Waals surface area contributed by atoms with Crippen molar-refractivity contribution in [3.63, 3.8) is 0 Å². The summed E-state index contributed by atoms with van der Waals surface area (Å²) in [6.07, 6.45) is 0. The molecule has 0 radical (unpaired) electrons. The van der Waals surface area contributed by atoms with Crippen molar-refractivity contribution < 1.29 is 13.6 Å². The first-order valence-electron chi connectivity index (χ1n) is 10.6. The van der Waals surface area contributed by atoms with Gasteiger partial charge in [-0.2, -0.15) is 9.61 Å². The summed E-state index contributed by atoms with van der Waals surface area (Å²) in [5.41, 5.74) is 1.44. The summed E-state index contributed by atoms with van der Waals surface area (Å²) in [5.74, 6) is -0.732. The number of fused-ring (bicyclic) bond motifs is 1. The maximum atomic E-state index is 13.6. The Morgan fingerprint density at radius 2 is 1.76 bits per heavy atom. The van der Waals surface area contributed by atoms with Gasteiger partial charge in [0.15, 0.2) is 0 Å². The van der Waals surface area contributed by atoms with E-state index in [2.05, 4.69) is 20.3 Å². The summed E-state index contributed by atoms with van der Waals surface area (Å²) in [6.45, 7) is 2.73. The fourth-order valence-electron chi connectivity index (χ4n) is 3.75. The number of anilines is 1. The predicted molar refractivity (Wildman–Crippen MR) is 125 cm³/mol. The molecule has 5 rings (SSSR count). The lowest BCUT2D eigenvalue weighted by Gasteiger charge is -2.34. The molecule has 0 bridgehead atoms. The Morgan fingerprint density at radius 1 is 1.00 bits per heavy atom. The van der Waals surface area contributed by atoms with E-state index in [1.165, 1.54) is 58.3 Å². The minimum Gasteiger partial charge on any atom is -0.322 e. The Balaban J connectivity index is 1.23. The summed E-state index contributed by atoms with van der Waals surface area (Å²) in [5, 5.41) is 7.57. The largest absolute Gasteiger partial charge is 0.322 e. The number of carbonyl (C=O) groups is 1. The second-order valence-corrected chi connectivity index (χ2v) is 8.85. The molecule has 11 heteroatoms. The molecule has 0 spiro atoms. The lowest BCUT2D eigenvalue weighted by atomic mass is 10.2. The van der Waals surface area contributed by atoms with E-state index >= 15 is 0 Å². The quantitative estimate of drug-likeness (QED) is 0.482. The molecular weight excluding hydrogens is 462 g/mol. The van der Waals surface area contributed by atoms with Crippen LogP contribution in [0.5, 0.6) is 0 Å². The third kappa shape index (κ3) is 4.80. The van der Waals surface area contributed by atoms with Crippen LogP contribution in [0.15, 0.2) is 59.4 Å². The number of amides is 2. The Bertz CT molecular complexity index is 1400. The Morgan fingerprint density at radius 3 is 2.50 bits per heavy atom. The van der Waals surface area contributed by atoms with Gasteiger partial charge in [-0.15, -0.1) is 0 Å². The number of nitrogens with one attached hydrogen (secondary N) is 1. The van der Waals surface area contributed by atoms with Gasteiger partial charge in [-0.1, -0.05) is 23.5 Å². The van der Waals surface area contributed by atoms with Crippen LogP contribution in [0.25, 0.3) is 15.5 Å². The summed E-state index contributed by atoms with van der Waals surface area (Å²) in [4.78, 5) is 33.9. The van der Waals surface area contributed by atoms with Crippen LogP contribution in [0, 0.1) is 11.6 Å². The standard InChI is InChI=1S/C23H20F2N6O2S/c24-16-4-6-18(7-5-16)26-22(33)30-10-8-29(9-11-30)14-19-13-20(32)31-23(27-19)34-21(28-31)15-2-1-3-17(25)12-15/h1-7,12-13H,8-11,14H2,(H,26,33). The van der Waals surface area contributed by atoms with Crippen LogP contribution in [0.3, 0.4) is 0 Å². The minimum absolute atomic E-state index is 0.237. The summed E-state index contributed by atoms with van der Waals surface area (Å²) < 4.78 is 27.8. The van der Waals surface area contributed by atoms with Gasteiger partial charge in [0.1, 0.15) is 16.6 Å². The molecule has 0 atom stereocenters. The highest BCUT2D eigenvalue weighted by Gasteiger charge is 2.22. The average molecular weight is 483 g/mol. The molecule has 174 valence electrons. The Hall–Kier alpha value is -3.70. The number of piperazine rings is 1. The minimum atomic E-state index is -0.372. The van der Waals surface area contributed by atoms with Crippen LogP contribution in [-0.2, 0) is 6.54 Å². The first-order chi connectivity index (χ1) is 16.4. The van der Waals surface area contributed by atoms with Crippen LogP contribution in [-0.4, -0.2) is 56.6 Å². The molecular formula is C23H20F2N6O2S. The first kappa shape index (κ1) is 22.1. The number of benzene rings is 2. The highest BCUT2D eigenvalue weighted by atomic mass is 32.1. The van der Waals surface area contributed by atoms with E-state index in [-0.39, 0.29) is 23.2 Å². The van der Waals surface area contributed by atoms with Gasteiger partial charge in [0.25, 0.3) is 5.56 Å². The fraction of sp³-hybridized carbons (Fsp3) is 0.217. The van der Waals surface area contributed by atoms with Crippen molar-refractivity contribution in [2.24, 2.45) is 0 Å². The van der Waals surface area contributed by atoms with Crippen LogP contribution in [0.4, 0.5) is 19.3 Å². The average Bonchev–Trinajstić information content (AvgIpc) is 3.26. The Labute approximate surface area is 197 Å². The van der Waals surface area contributed by atoms with Crippen LogP contribution >= 0.6 is 11.3 Å². The van der Waals surface area contributed by atoms with E-state index in [1.54, 1.807) is 17.0 Å². The van der Waals surface area contributed by atoms with E-state index in [0.29, 0.717) is 59.6 Å². The molecule has 1 aliphatic rings. The number of aromatic nitrogens is 3. The lowest BCUT2D eigenvalue weighted by Crippen LogP contribution is -2.49. The molecule has 4 aromatic rings. The van der Waals surface area contributed by atoms with E-state index < -0.39 is 0 Å². The first-order valence-corrected chi connectivity index (χ1v) is 11.5. The van der Waals surface area contributed by atoms with E-state index in [9.17, 15) is 18.4 Å². The SMILES string of the molecule is O=C(Nc1ccc(F)cc1)N1CCN(Cc2cc(=O)n3nc(-c4cccc(F)c4)sc3n2)CC1. The van der Waals surface area contributed by atoms with E-state index in [1.807, 2.05) is 0 Å². The smallest absolute Gasteiger partial charge is 0.321 e. The molecule has 1 fully saturated rings. The molecule has 3 heterocycles. The van der Waals surface area contributed by atoms with E-state index in [0.717, 1.165) is 0 Å². The van der Waals surface area contributed by atoms with Crippen molar-refractivity contribution in [2.75, 3.05) is 31.5 Å². The summed E-state index contributed by atoms with van der Waals surface area (Å²) >= 11 is 1.23. The predicted octanol–water partition coefficient (Wildman–Crippen LogP) is 3.45. The van der Waals surface area contributed by atoms with Crippen molar-refractivity contribution in [3.8, 4) is 10.6 Å².